The lowest BCUT2D eigenvalue weighted by Crippen LogP contribution is -2.27. The Labute approximate surface area is 133 Å². The Kier molecular flexibility index (Phi) is 5.35. The molecule has 2 aromatic rings. The zero-order chi connectivity index (χ0) is 16.8. The van der Waals surface area contributed by atoms with Crippen LogP contribution in [0.3, 0.4) is 0 Å². The third kappa shape index (κ3) is 3.88. The minimum atomic E-state index is -0.347. The summed E-state index contributed by atoms with van der Waals surface area (Å²) in [6, 6.07) is 6.43. The molecular weight excluding hydrogens is 298 g/mol. The molecule has 0 atom stereocenters. The van der Waals surface area contributed by atoms with Crippen LogP contribution in [0.5, 0.6) is 11.5 Å². The summed E-state index contributed by atoms with van der Waals surface area (Å²) in [5, 5.41) is 8.67. The van der Waals surface area contributed by atoms with Gasteiger partial charge in [0.1, 0.15) is 17.2 Å². The average Bonchev–Trinajstić information content (AvgIpc) is 2.55. The number of methoxy groups -OCH3 is 2. The summed E-state index contributed by atoms with van der Waals surface area (Å²) in [6.45, 7) is 2.34. The number of ether oxygens (including phenoxy) is 2. The number of amides is 1. The first kappa shape index (κ1) is 16.5. The molecule has 1 aromatic heterocycles. The number of aromatic nitrogens is 2. The van der Waals surface area contributed by atoms with Crippen LogP contribution in [0.4, 0.5) is 0 Å². The Balaban J connectivity index is 2.01. The Hall–Kier alpha value is -2.83. The van der Waals surface area contributed by atoms with E-state index >= 15 is 0 Å². The molecule has 0 spiro atoms. The standard InChI is InChI=1S/C16H19N3O4/c1-10-13(22-2)6-4-11(15(10)23-3)8-9-17-16(21)12-5-7-14(20)19-18-12/h4-7H,8-9H2,1-3H3,(H,17,21)(H,19,20). The number of carbonyl (C=O) groups excluding carboxylic acids is 1. The van der Waals surface area contributed by atoms with Crippen molar-refractivity contribution in [2.24, 2.45) is 0 Å². The molecule has 0 saturated heterocycles. The number of hydrogen-bond donors (Lipinski definition) is 2. The van der Waals surface area contributed by atoms with E-state index in [0.29, 0.717) is 13.0 Å². The molecule has 0 unspecified atom stereocenters. The van der Waals surface area contributed by atoms with Gasteiger partial charge in [-0.1, -0.05) is 6.07 Å². The fourth-order valence-corrected chi connectivity index (χ4v) is 2.30. The van der Waals surface area contributed by atoms with Crippen molar-refractivity contribution in [2.45, 2.75) is 13.3 Å². The van der Waals surface area contributed by atoms with Gasteiger partial charge in [0.15, 0.2) is 0 Å². The number of nitrogens with one attached hydrogen (secondary N) is 2. The highest BCUT2D eigenvalue weighted by molar-refractivity contribution is 5.91. The number of carbonyl (C=O) groups is 1. The minimum Gasteiger partial charge on any atom is -0.496 e. The molecule has 7 heteroatoms. The van der Waals surface area contributed by atoms with E-state index in [4.69, 9.17) is 9.47 Å². The highest BCUT2D eigenvalue weighted by Crippen LogP contribution is 2.31. The van der Waals surface area contributed by atoms with Crippen molar-refractivity contribution in [3.63, 3.8) is 0 Å². The Morgan fingerprint density at radius 1 is 1.22 bits per heavy atom. The maximum absolute atomic E-state index is 11.9. The average molecular weight is 317 g/mol. The molecule has 0 aliphatic rings. The lowest BCUT2D eigenvalue weighted by atomic mass is 10.1. The van der Waals surface area contributed by atoms with E-state index in [9.17, 15) is 9.59 Å². The van der Waals surface area contributed by atoms with Crippen molar-refractivity contribution in [1.29, 1.82) is 0 Å². The highest BCUT2D eigenvalue weighted by atomic mass is 16.5. The van der Waals surface area contributed by atoms with Crippen molar-refractivity contribution < 1.29 is 14.3 Å². The summed E-state index contributed by atoms with van der Waals surface area (Å²) in [5.74, 6) is 1.17. The van der Waals surface area contributed by atoms with E-state index in [2.05, 4.69) is 15.5 Å². The van der Waals surface area contributed by atoms with E-state index < -0.39 is 0 Å². The van der Waals surface area contributed by atoms with E-state index in [-0.39, 0.29) is 17.2 Å². The minimum absolute atomic E-state index is 0.169. The molecule has 0 aliphatic heterocycles. The molecule has 2 N–H and O–H groups in total. The summed E-state index contributed by atoms with van der Waals surface area (Å²) < 4.78 is 10.7. The number of H-pyrrole nitrogens is 1. The third-order valence-electron chi connectivity index (χ3n) is 3.45. The maximum Gasteiger partial charge on any atom is 0.271 e. The van der Waals surface area contributed by atoms with Crippen LogP contribution in [-0.4, -0.2) is 36.9 Å². The summed E-state index contributed by atoms with van der Waals surface area (Å²) in [4.78, 5) is 22.8. The summed E-state index contributed by atoms with van der Waals surface area (Å²) >= 11 is 0. The smallest absolute Gasteiger partial charge is 0.271 e. The van der Waals surface area contributed by atoms with Crippen molar-refractivity contribution in [3.8, 4) is 11.5 Å². The molecule has 0 aliphatic carbocycles. The summed E-state index contributed by atoms with van der Waals surface area (Å²) in [6.07, 6.45) is 0.600. The van der Waals surface area contributed by atoms with Gasteiger partial charge < -0.3 is 14.8 Å². The van der Waals surface area contributed by atoms with Crippen LogP contribution in [0, 0.1) is 6.92 Å². The Bertz CT molecular complexity index is 735. The number of nitrogens with zero attached hydrogens (tertiary/aromatic N) is 1. The van der Waals surface area contributed by atoms with Crippen molar-refractivity contribution in [3.05, 3.63) is 51.4 Å². The van der Waals surface area contributed by atoms with E-state index in [1.165, 1.54) is 12.1 Å². The molecule has 1 heterocycles. The van der Waals surface area contributed by atoms with Crippen LogP contribution in [0.25, 0.3) is 0 Å². The van der Waals surface area contributed by atoms with Gasteiger partial charge in [0.25, 0.3) is 11.5 Å². The van der Waals surface area contributed by atoms with E-state index in [0.717, 1.165) is 22.6 Å². The lowest BCUT2D eigenvalue weighted by molar-refractivity contribution is 0.0948. The second-order valence-corrected chi connectivity index (χ2v) is 4.90. The summed E-state index contributed by atoms with van der Waals surface area (Å²) in [7, 11) is 3.22. The third-order valence-corrected chi connectivity index (χ3v) is 3.45. The van der Waals surface area contributed by atoms with Gasteiger partial charge in [-0.3, -0.25) is 9.59 Å². The predicted molar refractivity (Wildman–Crippen MR) is 85.2 cm³/mol. The molecule has 0 saturated carbocycles. The molecule has 0 radical (unpaired) electrons. The van der Waals surface area contributed by atoms with Crippen molar-refractivity contribution >= 4 is 5.91 Å². The predicted octanol–water partition coefficient (Wildman–Crippen LogP) is 1.07. The molecule has 0 fully saturated rings. The Morgan fingerprint density at radius 3 is 2.61 bits per heavy atom. The normalized spacial score (nSPS) is 10.2. The SMILES string of the molecule is COc1ccc(CCNC(=O)c2ccc(=O)[nH]n2)c(OC)c1C. The fraction of sp³-hybridized carbons (Fsp3) is 0.312. The second kappa shape index (κ2) is 7.44. The first-order chi connectivity index (χ1) is 11.1. The first-order valence-corrected chi connectivity index (χ1v) is 7.11. The largest absolute Gasteiger partial charge is 0.496 e. The molecule has 0 bridgehead atoms. The van der Waals surface area contributed by atoms with Crippen LogP contribution in [0.2, 0.25) is 0 Å². The van der Waals surface area contributed by atoms with E-state index in [1.807, 2.05) is 19.1 Å². The monoisotopic (exact) mass is 317 g/mol. The van der Waals surface area contributed by atoms with Crippen LogP contribution in [0.15, 0.2) is 29.1 Å². The topological polar surface area (TPSA) is 93.3 Å². The highest BCUT2D eigenvalue weighted by Gasteiger charge is 2.12. The van der Waals surface area contributed by atoms with Crippen molar-refractivity contribution in [2.75, 3.05) is 20.8 Å². The van der Waals surface area contributed by atoms with Gasteiger partial charge in [-0.05, 0) is 31.0 Å². The number of rotatable bonds is 6. The van der Waals surface area contributed by atoms with Gasteiger partial charge in [0, 0.05) is 18.2 Å². The number of aromatic amines is 1. The van der Waals surface area contributed by atoms with Gasteiger partial charge in [-0.15, -0.1) is 0 Å². The molecule has 23 heavy (non-hydrogen) atoms. The van der Waals surface area contributed by atoms with Gasteiger partial charge in [0.2, 0.25) is 0 Å². The van der Waals surface area contributed by atoms with Gasteiger partial charge in [-0.2, -0.15) is 5.10 Å². The van der Waals surface area contributed by atoms with Crippen molar-refractivity contribution in [1.82, 2.24) is 15.5 Å². The van der Waals surface area contributed by atoms with Crippen LogP contribution < -0.4 is 20.3 Å². The molecule has 1 aromatic carbocycles. The Morgan fingerprint density at radius 2 is 2.00 bits per heavy atom. The first-order valence-electron chi connectivity index (χ1n) is 7.11. The van der Waals surface area contributed by atoms with Gasteiger partial charge in [-0.25, -0.2) is 5.10 Å². The van der Waals surface area contributed by atoms with Gasteiger partial charge >= 0.3 is 0 Å². The molecule has 7 nitrogen and oxygen atoms in total. The second-order valence-electron chi connectivity index (χ2n) is 4.90. The zero-order valence-electron chi connectivity index (χ0n) is 13.3. The van der Waals surface area contributed by atoms with Crippen LogP contribution >= 0.6 is 0 Å². The lowest BCUT2D eigenvalue weighted by Gasteiger charge is -2.14. The number of hydrogen-bond acceptors (Lipinski definition) is 5. The molecule has 122 valence electrons. The van der Waals surface area contributed by atoms with Crippen LogP contribution in [-0.2, 0) is 6.42 Å². The number of benzene rings is 1. The summed E-state index contributed by atoms with van der Waals surface area (Å²) in [5.41, 5.74) is 1.71. The van der Waals surface area contributed by atoms with Crippen LogP contribution in [0.1, 0.15) is 21.6 Å². The maximum atomic E-state index is 11.9. The molecular formula is C16H19N3O4. The van der Waals surface area contributed by atoms with Gasteiger partial charge in [0.05, 0.1) is 14.2 Å². The molecule has 1 amide bonds. The molecule has 2 rings (SSSR count). The fourth-order valence-electron chi connectivity index (χ4n) is 2.30. The zero-order valence-corrected chi connectivity index (χ0v) is 13.3. The quantitative estimate of drug-likeness (QED) is 0.831. The van der Waals surface area contributed by atoms with E-state index in [1.54, 1.807) is 14.2 Å².